The van der Waals surface area contributed by atoms with E-state index in [1.807, 2.05) is 0 Å². The van der Waals surface area contributed by atoms with Crippen molar-refractivity contribution in [3.8, 4) is 22.8 Å². The molecule has 2 aromatic carbocycles. The third-order valence-electron chi connectivity index (χ3n) is 3.45. The van der Waals surface area contributed by atoms with Crippen LogP contribution in [0.1, 0.15) is 5.56 Å². The lowest BCUT2D eigenvalue weighted by Gasteiger charge is -2.07. The lowest BCUT2D eigenvalue weighted by molar-refractivity contribution is 0.432. The Balaban J connectivity index is 1.89. The predicted molar refractivity (Wildman–Crippen MR) is 94.8 cm³/mol. The van der Waals surface area contributed by atoms with Crippen LogP contribution in [0, 0.1) is 11.6 Å². The zero-order valence-corrected chi connectivity index (χ0v) is 15.0. The number of halogens is 3. The van der Waals surface area contributed by atoms with E-state index in [9.17, 15) is 22.3 Å². The minimum Gasteiger partial charge on any atom is -0.501 e. The Morgan fingerprint density at radius 3 is 2.30 bits per heavy atom. The minimum atomic E-state index is -4.40. The number of aromatic hydroxyl groups is 1. The van der Waals surface area contributed by atoms with Crippen LogP contribution in [-0.2, 0) is 15.9 Å². The third kappa shape index (κ3) is 4.32. The van der Waals surface area contributed by atoms with E-state index < -0.39 is 44.9 Å². The molecule has 27 heavy (non-hydrogen) atoms. The van der Waals surface area contributed by atoms with Crippen LogP contribution in [0.25, 0.3) is 11.3 Å². The van der Waals surface area contributed by atoms with Gasteiger partial charge in [-0.2, -0.15) is 8.42 Å². The third-order valence-corrected chi connectivity index (χ3v) is 4.81. The van der Waals surface area contributed by atoms with E-state index in [0.717, 1.165) is 12.1 Å². The normalized spacial score (nSPS) is 11.5. The van der Waals surface area contributed by atoms with Crippen molar-refractivity contribution in [1.82, 2.24) is 0 Å². The summed E-state index contributed by atoms with van der Waals surface area (Å²) in [6.45, 7) is 0. The van der Waals surface area contributed by atoms with Gasteiger partial charge in [-0.25, -0.2) is 8.78 Å². The maximum Gasteiger partial charge on any atom is 0.313 e. The van der Waals surface area contributed by atoms with Crippen molar-refractivity contribution < 1.29 is 30.9 Å². The molecule has 0 spiro atoms. The van der Waals surface area contributed by atoms with Crippen molar-refractivity contribution in [2.24, 2.45) is 0 Å². The maximum absolute atomic E-state index is 13.2. The van der Waals surface area contributed by atoms with E-state index in [0.29, 0.717) is 16.7 Å². The molecular formula is C17H12ClF2NO5S. The summed E-state index contributed by atoms with van der Waals surface area (Å²) in [7, 11) is -4.40. The summed E-state index contributed by atoms with van der Waals surface area (Å²) in [5, 5.41) is 10.7. The molecule has 0 aliphatic heterocycles. The van der Waals surface area contributed by atoms with Crippen molar-refractivity contribution in [3.63, 3.8) is 0 Å². The molecule has 3 aromatic rings. The van der Waals surface area contributed by atoms with E-state index in [-0.39, 0.29) is 11.3 Å². The Bertz CT molecular complexity index is 1080. The highest BCUT2D eigenvalue weighted by atomic mass is 35.5. The van der Waals surface area contributed by atoms with Crippen LogP contribution in [0.3, 0.4) is 0 Å². The number of anilines is 1. The molecule has 1 aromatic heterocycles. The molecule has 0 saturated heterocycles. The van der Waals surface area contributed by atoms with Gasteiger partial charge in [0, 0.05) is 16.7 Å². The fourth-order valence-electron chi connectivity index (χ4n) is 2.36. The molecule has 0 fully saturated rings. The van der Waals surface area contributed by atoms with Gasteiger partial charge in [-0.15, -0.1) is 0 Å². The predicted octanol–water partition coefficient (Wildman–Crippen LogP) is 4.07. The molecule has 10 heteroatoms. The van der Waals surface area contributed by atoms with Crippen molar-refractivity contribution in [2.75, 3.05) is 5.73 Å². The van der Waals surface area contributed by atoms with Crippen molar-refractivity contribution >= 4 is 27.6 Å². The highest BCUT2D eigenvalue weighted by Crippen LogP contribution is 2.45. The molecule has 0 saturated carbocycles. The van der Waals surface area contributed by atoms with Gasteiger partial charge in [0.1, 0.15) is 17.4 Å². The number of nitrogens with two attached hydrogens (primary N) is 1. The molecule has 0 amide bonds. The molecule has 142 valence electrons. The number of furan rings is 1. The van der Waals surface area contributed by atoms with Crippen LogP contribution in [0.4, 0.5) is 14.7 Å². The SMILES string of the molecule is Nc1oc(-c2ccc(Cl)cc2)c(O)c1OS(=O)(=O)Cc1cc(F)cc(F)c1. The molecule has 6 nitrogen and oxygen atoms in total. The number of nitrogen functional groups attached to an aromatic ring is 1. The van der Waals surface area contributed by atoms with Gasteiger partial charge in [0.05, 0.1) is 0 Å². The molecular weight excluding hydrogens is 404 g/mol. The van der Waals surface area contributed by atoms with E-state index in [4.69, 9.17) is 25.9 Å². The zero-order chi connectivity index (χ0) is 19.8. The highest BCUT2D eigenvalue weighted by molar-refractivity contribution is 7.86. The van der Waals surface area contributed by atoms with E-state index >= 15 is 0 Å². The van der Waals surface area contributed by atoms with Crippen LogP contribution in [0.15, 0.2) is 46.9 Å². The quantitative estimate of drug-likeness (QED) is 0.609. The second kappa shape index (κ2) is 7.09. The Morgan fingerprint density at radius 1 is 1.11 bits per heavy atom. The first-order valence-corrected chi connectivity index (χ1v) is 9.34. The molecule has 3 rings (SSSR count). The van der Waals surface area contributed by atoms with Gasteiger partial charge in [-0.3, -0.25) is 0 Å². The summed E-state index contributed by atoms with van der Waals surface area (Å²) in [4.78, 5) is 0. The molecule has 0 aliphatic carbocycles. The zero-order valence-electron chi connectivity index (χ0n) is 13.4. The lowest BCUT2D eigenvalue weighted by atomic mass is 10.1. The van der Waals surface area contributed by atoms with Gasteiger partial charge in [0.25, 0.3) is 0 Å². The summed E-state index contributed by atoms with van der Waals surface area (Å²) in [6.07, 6.45) is 0. The van der Waals surface area contributed by atoms with Gasteiger partial charge in [-0.1, -0.05) is 11.6 Å². The first-order valence-electron chi connectivity index (χ1n) is 7.39. The van der Waals surface area contributed by atoms with Gasteiger partial charge in [0.15, 0.2) is 5.76 Å². The van der Waals surface area contributed by atoms with Gasteiger partial charge < -0.3 is 19.4 Å². The topological polar surface area (TPSA) is 103 Å². The molecule has 3 N–H and O–H groups in total. The van der Waals surface area contributed by atoms with Crippen LogP contribution >= 0.6 is 11.6 Å². The van der Waals surface area contributed by atoms with Gasteiger partial charge >= 0.3 is 10.1 Å². The smallest absolute Gasteiger partial charge is 0.313 e. The average Bonchev–Trinajstić information content (AvgIpc) is 2.82. The monoisotopic (exact) mass is 415 g/mol. The second-order valence-corrected chi connectivity index (χ2v) is 7.55. The summed E-state index contributed by atoms with van der Waals surface area (Å²) < 4.78 is 60.8. The Hall–Kier alpha value is -2.78. The van der Waals surface area contributed by atoms with Gasteiger partial charge in [-0.05, 0) is 42.0 Å². The molecule has 0 bridgehead atoms. The van der Waals surface area contributed by atoms with Crippen molar-refractivity contribution in [2.45, 2.75) is 5.75 Å². The van der Waals surface area contributed by atoms with E-state index in [2.05, 4.69) is 0 Å². The van der Waals surface area contributed by atoms with Crippen molar-refractivity contribution in [1.29, 1.82) is 0 Å². The number of rotatable bonds is 5. The first kappa shape index (κ1) is 19.0. The van der Waals surface area contributed by atoms with Crippen LogP contribution in [0.5, 0.6) is 11.5 Å². The molecule has 0 unspecified atom stereocenters. The van der Waals surface area contributed by atoms with E-state index in [1.165, 1.54) is 24.3 Å². The highest BCUT2D eigenvalue weighted by Gasteiger charge is 2.26. The molecule has 0 aliphatic rings. The molecule has 0 radical (unpaired) electrons. The maximum atomic E-state index is 13.2. The van der Waals surface area contributed by atoms with E-state index in [1.54, 1.807) is 0 Å². The summed E-state index contributed by atoms with van der Waals surface area (Å²) in [6, 6.07) is 8.41. The van der Waals surface area contributed by atoms with Crippen LogP contribution < -0.4 is 9.92 Å². The minimum absolute atomic E-state index is 0.119. The van der Waals surface area contributed by atoms with Crippen LogP contribution in [-0.4, -0.2) is 13.5 Å². The summed E-state index contributed by atoms with van der Waals surface area (Å²) in [5.41, 5.74) is 5.80. The van der Waals surface area contributed by atoms with Crippen LogP contribution in [0.2, 0.25) is 5.02 Å². The average molecular weight is 416 g/mol. The second-order valence-electron chi connectivity index (χ2n) is 5.54. The number of hydrogen-bond acceptors (Lipinski definition) is 6. The molecule has 0 atom stereocenters. The Kier molecular flexibility index (Phi) is 4.99. The van der Waals surface area contributed by atoms with Crippen molar-refractivity contribution in [3.05, 3.63) is 64.7 Å². The lowest BCUT2D eigenvalue weighted by Crippen LogP contribution is -2.13. The Labute approximate surface area is 157 Å². The number of hydrogen-bond donors (Lipinski definition) is 2. The number of benzene rings is 2. The first-order chi connectivity index (χ1) is 12.6. The molecule has 1 heterocycles. The fraction of sp³-hybridized carbons (Fsp3) is 0.0588. The standard InChI is InChI=1S/C17H12ClF2NO5S/c18-11-3-1-10(2-4-11)15-14(22)16(17(21)25-15)26-27(23,24)8-9-5-12(19)7-13(20)6-9/h1-7,22H,8,21H2. The summed E-state index contributed by atoms with van der Waals surface area (Å²) >= 11 is 5.79. The Morgan fingerprint density at radius 2 is 1.70 bits per heavy atom. The summed E-state index contributed by atoms with van der Waals surface area (Å²) in [5.74, 6) is -4.56. The fourth-order valence-corrected chi connectivity index (χ4v) is 3.53. The van der Waals surface area contributed by atoms with Gasteiger partial charge in [0.2, 0.25) is 17.4 Å². The largest absolute Gasteiger partial charge is 0.501 e.